The Balaban J connectivity index is 1.47. The largest absolute Gasteiger partial charge is 0.354 e. The number of carbonyl (C=O) groups excluding carboxylic acids is 1. The van der Waals surface area contributed by atoms with Crippen LogP contribution in [0.5, 0.6) is 0 Å². The maximum atomic E-state index is 12.4. The van der Waals surface area contributed by atoms with Crippen LogP contribution in [0.15, 0.2) is 23.1 Å². The van der Waals surface area contributed by atoms with Crippen molar-refractivity contribution in [3.05, 3.63) is 34.5 Å². The number of likely N-dealkylation sites (tertiary alicyclic amines) is 1. The van der Waals surface area contributed by atoms with E-state index in [2.05, 4.69) is 29.2 Å². The second-order valence-corrected chi connectivity index (χ2v) is 7.68. The number of hydrogen-bond donors (Lipinski definition) is 1. The lowest BCUT2D eigenvalue weighted by atomic mass is 9.92. The van der Waals surface area contributed by atoms with Crippen LogP contribution in [-0.4, -0.2) is 51.2 Å². The minimum absolute atomic E-state index is 0.0425. The Morgan fingerprint density at radius 3 is 2.77 bits per heavy atom. The summed E-state index contributed by atoms with van der Waals surface area (Å²) in [6.45, 7) is 10.3. The molecule has 0 spiro atoms. The smallest absolute Gasteiger partial charge is 0.291 e. The van der Waals surface area contributed by atoms with E-state index in [4.69, 9.17) is 0 Å². The van der Waals surface area contributed by atoms with Gasteiger partial charge < -0.3 is 10.2 Å². The fourth-order valence-corrected chi connectivity index (χ4v) is 4.04. The Hall–Kier alpha value is -2.15. The first-order valence-corrected chi connectivity index (χ1v) is 9.48. The van der Waals surface area contributed by atoms with Gasteiger partial charge in [-0.2, -0.15) is 5.10 Å². The van der Waals surface area contributed by atoms with Crippen LogP contribution in [0.1, 0.15) is 32.5 Å². The molecule has 142 valence electrons. The first-order valence-electron chi connectivity index (χ1n) is 9.48. The fourth-order valence-electron chi connectivity index (χ4n) is 4.04. The zero-order valence-electron chi connectivity index (χ0n) is 15.9. The quantitative estimate of drug-likeness (QED) is 0.789. The summed E-state index contributed by atoms with van der Waals surface area (Å²) >= 11 is 0. The molecule has 2 atom stereocenters. The van der Waals surface area contributed by atoms with E-state index in [1.165, 1.54) is 11.1 Å². The number of piperidine rings is 1. The van der Waals surface area contributed by atoms with Gasteiger partial charge in [0, 0.05) is 25.8 Å². The van der Waals surface area contributed by atoms with Crippen LogP contribution < -0.4 is 10.9 Å². The molecule has 1 aliphatic heterocycles. The van der Waals surface area contributed by atoms with Gasteiger partial charge >= 0.3 is 0 Å². The Morgan fingerprint density at radius 1 is 1.31 bits per heavy atom. The SMILES string of the molecule is Cc1nn(CC(=O)NCCCN2C[C@@H](C)C[C@H](C)C2)c(=O)c2cccn12. The van der Waals surface area contributed by atoms with Crippen molar-refractivity contribution < 1.29 is 4.79 Å². The van der Waals surface area contributed by atoms with Gasteiger partial charge in [0.1, 0.15) is 17.9 Å². The van der Waals surface area contributed by atoms with E-state index in [0.717, 1.165) is 37.9 Å². The van der Waals surface area contributed by atoms with Crippen molar-refractivity contribution in [3.8, 4) is 0 Å². The summed E-state index contributed by atoms with van der Waals surface area (Å²) in [5.74, 6) is 2.01. The molecule has 26 heavy (non-hydrogen) atoms. The molecule has 0 radical (unpaired) electrons. The Morgan fingerprint density at radius 2 is 2.04 bits per heavy atom. The standard InChI is InChI=1S/C19H29N5O2/c1-14-10-15(2)12-22(11-14)8-5-7-20-18(25)13-24-19(26)17-6-4-9-23(17)16(3)21-24/h4,6,9,14-15H,5,7-8,10-13H2,1-3H3,(H,20,25)/t14-,15-/m0/s1. The van der Waals surface area contributed by atoms with Gasteiger partial charge in [0.2, 0.25) is 5.91 Å². The number of fused-ring (bicyclic) bond motifs is 1. The molecule has 0 bridgehead atoms. The molecule has 1 amide bonds. The molecule has 0 saturated carbocycles. The highest BCUT2D eigenvalue weighted by molar-refractivity contribution is 5.75. The molecule has 3 rings (SSSR count). The zero-order valence-corrected chi connectivity index (χ0v) is 15.9. The average molecular weight is 359 g/mol. The van der Waals surface area contributed by atoms with Gasteiger partial charge in [-0.05, 0) is 50.3 Å². The molecule has 1 N–H and O–H groups in total. The number of aromatic nitrogens is 3. The summed E-state index contributed by atoms with van der Waals surface area (Å²) in [4.78, 5) is 27.0. The van der Waals surface area contributed by atoms with Gasteiger partial charge in [0.05, 0.1) is 0 Å². The van der Waals surface area contributed by atoms with E-state index in [9.17, 15) is 9.59 Å². The summed E-state index contributed by atoms with van der Waals surface area (Å²) in [6, 6.07) is 3.55. The molecule has 0 aliphatic carbocycles. The number of aryl methyl sites for hydroxylation is 1. The first-order chi connectivity index (χ1) is 12.4. The maximum Gasteiger partial charge on any atom is 0.291 e. The lowest BCUT2D eigenvalue weighted by molar-refractivity contribution is -0.121. The summed E-state index contributed by atoms with van der Waals surface area (Å²) < 4.78 is 2.98. The lowest BCUT2D eigenvalue weighted by Crippen LogP contribution is -2.40. The molecule has 1 fully saturated rings. The Kier molecular flexibility index (Phi) is 5.76. The average Bonchev–Trinajstić information content (AvgIpc) is 3.06. The Labute approximate surface area is 154 Å². The third-order valence-electron chi connectivity index (χ3n) is 5.03. The fraction of sp³-hybridized carbons (Fsp3) is 0.632. The molecule has 1 aliphatic rings. The number of carbonyl (C=O) groups is 1. The van der Waals surface area contributed by atoms with Crippen LogP contribution in [0, 0.1) is 18.8 Å². The van der Waals surface area contributed by atoms with E-state index in [1.54, 1.807) is 22.7 Å². The van der Waals surface area contributed by atoms with Gasteiger partial charge in [-0.25, -0.2) is 4.68 Å². The minimum Gasteiger partial charge on any atom is -0.354 e. The highest BCUT2D eigenvalue weighted by atomic mass is 16.2. The molecule has 3 heterocycles. The Bertz CT molecular complexity index is 815. The number of nitrogens with zero attached hydrogens (tertiary/aromatic N) is 4. The minimum atomic E-state index is -0.243. The van der Waals surface area contributed by atoms with Gasteiger partial charge in [0.25, 0.3) is 5.56 Å². The summed E-state index contributed by atoms with van der Waals surface area (Å²) in [6.07, 6.45) is 4.02. The van der Waals surface area contributed by atoms with Crippen LogP contribution in [-0.2, 0) is 11.3 Å². The molecule has 0 aromatic carbocycles. The molecule has 2 aromatic heterocycles. The van der Waals surface area contributed by atoms with Crippen molar-refractivity contribution >= 4 is 11.4 Å². The van der Waals surface area contributed by atoms with Crippen molar-refractivity contribution in [1.82, 2.24) is 24.4 Å². The van der Waals surface area contributed by atoms with Crippen LogP contribution in [0.3, 0.4) is 0 Å². The first kappa shape index (κ1) is 18.6. The number of rotatable bonds is 6. The lowest BCUT2D eigenvalue weighted by Gasteiger charge is -2.34. The molecule has 2 aromatic rings. The van der Waals surface area contributed by atoms with E-state index in [-0.39, 0.29) is 18.0 Å². The highest BCUT2D eigenvalue weighted by Crippen LogP contribution is 2.20. The highest BCUT2D eigenvalue weighted by Gasteiger charge is 2.21. The van der Waals surface area contributed by atoms with Crippen LogP contribution >= 0.6 is 0 Å². The second kappa shape index (κ2) is 8.03. The van der Waals surface area contributed by atoms with Crippen molar-refractivity contribution in [2.75, 3.05) is 26.2 Å². The van der Waals surface area contributed by atoms with Crippen molar-refractivity contribution in [1.29, 1.82) is 0 Å². The van der Waals surface area contributed by atoms with Gasteiger partial charge in [-0.1, -0.05) is 13.8 Å². The van der Waals surface area contributed by atoms with Crippen molar-refractivity contribution in [2.24, 2.45) is 11.8 Å². The zero-order chi connectivity index (χ0) is 18.7. The number of amides is 1. The van der Waals surface area contributed by atoms with Gasteiger partial charge in [-0.15, -0.1) is 0 Å². The van der Waals surface area contributed by atoms with Gasteiger partial charge in [0.15, 0.2) is 0 Å². The van der Waals surface area contributed by atoms with Gasteiger partial charge in [-0.3, -0.25) is 14.0 Å². The monoisotopic (exact) mass is 359 g/mol. The van der Waals surface area contributed by atoms with E-state index < -0.39 is 0 Å². The van der Waals surface area contributed by atoms with Crippen LogP contribution in [0.4, 0.5) is 0 Å². The molecular formula is C19H29N5O2. The normalized spacial score (nSPS) is 21.2. The summed E-state index contributed by atoms with van der Waals surface area (Å²) in [7, 11) is 0. The van der Waals surface area contributed by atoms with E-state index >= 15 is 0 Å². The second-order valence-electron chi connectivity index (χ2n) is 7.68. The molecule has 7 heteroatoms. The topological polar surface area (TPSA) is 71.6 Å². The third-order valence-corrected chi connectivity index (χ3v) is 5.03. The maximum absolute atomic E-state index is 12.4. The van der Waals surface area contributed by atoms with Crippen molar-refractivity contribution in [2.45, 2.75) is 40.2 Å². The summed E-state index contributed by atoms with van der Waals surface area (Å²) in [5.41, 5.74) is 0.297. The third kappa shape index (κ3) is 4.33. The predicted molar refractivity (Wildman–Crippen MR) is 101 cm³/mol. The van der Waals surface area contributed by atoms with Crippen molar-refractivity contribution in [3.63, 3.8) is 0 Å². The molecule has 1 saturated heterocycles. The van der Waals surface area contributed by atoms with Crippen LogP contribution in [0.2, 0.25) is 0 Å². The summed E-state index contributed by atoms with van der Waals surface area (Å²) in [5, 5.41) is 7.14. The molecule has 0 unspecified atom stereocenters. The number of nitrogens with one attached hydrogen (secondary N) is 1. The predicted octanol–water partition coefficient (Wildman–Crippen LogP) is 1.29. The van der Waals surface area contributed by atoms with Crippen LogP contribution in [0.25, 0.3) is 5.52 Å². The number of hydrogen-bond acceptors (Lipinski definition) is 4. The molecular weight excluding hydrogens is 330 g/mol. The molecule has 7 nitrogen and oxygen atoms in total. The van der Waals surface area contributed by atoms with E-state index in [1.807, 2.05) is 6.92 Å². The van der Waals surface area contributed by atoms with E-state index in [0.29, 0.717) is 17.9 Å².